The fourth-order valence-electron chi connectivity index (χ4n) is 3.49. The van der Waals surface area contributed by atoms with Crippen molar-refractivity contribution in [1.82, 2.24) is 14.9 Å². The summed E-state index contributed by atoms with van der Waals surface area (Å²) in [5.74, 6) is 1.19. The number of hydrogen-bond acceptors (Lipinski definition) is 3. The van der Waals surface area contributed by atoms with E-state index in [1.165, 1.54) is 4.88 Å². The van der Waals surface area contributed by atoms with Crippen molar-refractivity contribution in [2.75, 3.05) is 6.54 Å². The molecule has 0 bridgehead atoms. The standard InChI is InChI=1S/C19H21N3OS/c23-18(11-3-6-14-7-5-13-24-14)22-12-4-10-17(22)19-20-15-8-1-2-9-16(15)21-19/h1-2,5,7-9,13,17H,3-4,6,10-12H2,(H,20,21). The molecule has 1 unspecified atom stereocenters. The lowest BCUT2D eigenvalue weighted by atomic mass is 10.1. The molecule has 0 radical (unpaired) electrons. The quantitative estimate of drug-likeness (QED) is 0.753. The number of likely N-dealkylation sites (tertiary alicyclic amines) is 1. The van der Waals surface area contributed by atoms with Gasteiger partial charge in [-0.05, 0) is 49.3 Å². The predicted molar refractivity (Wildman–Crippen MR) is 97.0 cm³/mol. The van der Waals surface area contributed by atoms with Gasteiger partial charge in [0.15, 0.2) is 0 Å². The number of hydrogen-bond donors (Lipinski definition) is 1. The highest BCUT2D eigenvalue weighted by Crippen LogP contribution is 2.32. The number of amides is 1. The molecular weight excluding hydrogens is 318 g/mol. The molecule has 1 atom stereocenters. The molecule has 1 fully saturated rings. The largest absolute Gasteiger partial charge is 0.340 e. The Labute approximate surface area is 145 Å². The fourth-order valence-corrected chi connectivity index (χ4v) is 4.24. The fraction of sp³-hybridized carbons (Fsp3) is 0.368. The van der Waals surface area contributed by atoms with Gasteiger partial charge in [0.05, 0.1) is 17.1 Å². The molecule has 5 heteroatoms. The highest BCUT2D eigenvalue weighted by Gasteiger charge is 2.31. The van der Waals surface area contributed by atoms with Crippen molar-refractivity contribution in [3.05, 3.63) is 52.5 Å². The number of nitrogens with zero attached hydrogens (tertiary/aromatic N) is 2. The minimum atomic E-state index is 0.103. The molecule has 0 saturated carbocycles. The molecule has 0 spiro atoms. The third-order valence-corrected chi connectivity index (χ3v) is 5.63. The number of aryl methyl sites for hydroxylation is 1. The third-order valence-electron chi connectivity index (χ3n) is 4.69. The van der Waals surface area contributed by atoms with Gasteiger partial charge in [-0.25, -0.2) is 4.98 Å². The summed E-state index contributed by atoms with van der Waals surface area (Å²) in [4.78, 5) is 24.1. The molecule has 3 aromatic rings. The second-order valence-corrected chi connectivity index (χ2v) is 7.35. The average Bonchev–Trinajstić information content (AvgIpc) is 3.33. The summed E-state index contributed by atoms with van der Waals surface area (Å²) >= 11 is 1.77. The zero-order valence-corrected chi connectivity index (χ0v) is 14.4. The monoisotopic (exact) mass is 339 g/mol. The Balaban J connectivity index is 1.42. The second-order valence-electron chi connectivity index (χ2n) is 6.32. The molecule has 1 aliphatic rings. The number of aromatic nitrogens is 2. The van der Waals surface area contributed by atoms with E-state index in [4.69, 9.17) is 4.98 Å². The van der Waals surface area contributed by atoms with Crippen LogP contribution in [-0.2, 0) is 11.2 Å². The number of carbonyl (C=O) groups is 1. The van der Waals surface area contributed by atoms with Gasteiger partial charge in [0.1, 0.15) is 5.82 Å². The number of fused-ring (bicyclic) bond motifs is 1. The van der Waals surface area contributed by atoms with Crippen LogP contribution < -0.4 is 0 Å². The lowest BCUT2D eigenvalue weighted by Gasteiger charge is -2.23. The molecule has 1 N–H and O–H groups in total. The molecule has 1 aliphatic heterocycles. The predicted octanol–water partition coefficient (Wildman–Crippen LogP) is 4.31. The molecule has 4 nitrogen and oxygen atoms in total. The molecule has 4 rings (SSSR count). The number of nitrogens with one attached hydrogen (secondary N) is 1. The van der Waals surface area contributed by atoms with Crippen LogP contribution in [0.1, 0.15) is 42.4 Å². The van der Waals surface area contributed by atoms with Gasteiger partial charge < -0.3 is 9.88 Å². The molecule has 24 heavy (non-hydrogen) atoms. The number of imidazole rings is 1. The maximum atomic E-state index is 12.7. The van der Waals surface area contributed by atoms with Crippen LogP contribution in [0.25, 0.3) is 11.0 Å². The van der Waals surface area contributed by atoms with Gasteiger partial charge in [-0.15, -0.1) is 11.3 Å². The van der Waals surface area contributed by atoms with E-state index < -0.39 is 0 Å². The van der Waals surface area contributed by atoms with Crippen molar-refractivity contribution in [1.29, 1.82) is 0 Å². The summed E-state index contributed by atoms with van der Waals surface area (Å²) < 4.78 is 0. The summed E-state index contributed by atoms with van der Waals surface area (Å²) in [6, 6.07) is 12.4. The number of thiophene rings is 1. The molecular formula is C19H21N3OS. The normalized spacial score (nSPS) is 17.7. The minimum absolute atomic E-state index is 0.103. The molecule has 1 aromatic carbocycles. The van der Waals surface area contributed by atoms with Crippen LogP contribution in [-0.4, -0.2) is 27.3 Å². The Morgan fingerprint density at radius 1 is 1.29 bits per heavy atom. The first-order valence-electron chi connectivity index (χ1n) is 8.58. The minimum Gasteiger partial charge on any atom is -0.340 e. The Morgan fingerprint density at radius 3 is 3.04 bits per heavy atom. The smallest absolute Gasteiger partial charge is 0.223 e. The maximum absolute atomic E-state index is 12.7. The third kappa shape index (κ3) is 3.08. The van der Waals surface area contributed by atoms with Crippen LogP contribution in [0.3, 0.4) is 0 Å². The summed E-state index contributed by atoms with van der Waals surface area (Å²) in [5, 5.41) is 2.09. The lowest BCUT2D eigenvalue weighted by Crippen LogP contribution is -2.30. The van der Waals surface area contributed by atoms with E-state index in [0.717, 1.165) is 49.1 Å². The van der Waals surface area contributed by atoms with Crippen LogP contribution >= 0.6 is 11.3 Å². The van der Waals surface area contributed by atoms with Gasteiger partial charge in [-0.2, -0.15) is 0 Å². The number of carbonyl (C=O) groups excluding carboxylic acids is 1. The van der Waals surface area contributed by atoms with E-state index in [9.17, 15) is 4.79 Å². The molecule has 3 heterocycles. The van der Waals surface area contributed by atoms with Gasteiger partial charge >= 0.3 is 0 Å². The molecule has 1 saturated heterocycles. The van der Waals surface area contributed by atoms with E-state index in [0.29, 0.717) is 6.42 Å². The van der Waals surface area contributed by atoms with Crippen molar-refractivity contribution in [2.45, 2.75) is 38.1 Å². The number of benzene rings is 1. The number of H-pyrrole nitrogens is 1. The lowest BCUT2D eigenvalue weighted by molar-refractivity contribution is -0.132. The highest BCUT2D eigenvalue weighted by atomic mass is 32.1. The Morgan fingerprint density at radius 2 is 2.21 bits per heavy atom. The van der Waals surface area contributed by atoms with E-state index in [1.54, 1.807) is 11.3 Å². The first-order valence-corrected chi connectivity index (χ1v) is 9.46. The SMILES string of the molecule is O=C(CCCc1cccs1)N1CCCC1c1nc2ccccc2[nH]1. The van der Waals surface area contributed by atoms with Gasteiger partial charge in [-0.3, -0.25) is 4.79 Å². The van der Waals surface area contributed by atoms with Crippen LogP contribution in [0.15, 0.2) is 41.8 Å². The van der Waals surface area contributed by atoms with Crippen molar-refractivity contribution in [3.8, 4) is 0 Å². The van der Waals surface area contributed by atoms with Crippen LogP contribution in [0.2, 0.25) is 0 Å². The van der Waals surface area contributed by atoms with Crippen molar-refractivity contribution >= 4 is 28.3 Å². The van der Waals surface area contributed by atoms with E-state index >= 15 is 0 Å². The second kappa shape index (κ2) is 6.77. The summed E-state index contributed by atoms with van der Waals surface area (Å²) in [6.45, 7) is 0.847. The average molecular weight is 339 g/mol. The van der Waals surface area contributed by atoms with Crippen LogP contribution in [0.5, 0.6) is 0 Å². The maximum Gasteiger partial charge on any atom is 0.223 e. The van der Waals surface area contributed by atoms with E-state index in [2.05, 4.69) is 22.5 Å². The Hall–Kier alpha value is -2.14. The number of aromatic amines is 1. The number of rotatable bonds is 5. The van der Waals surface area contributed by atoms with Crippen molar-refractivity contribution < 1.29 is 4.79 Å². The van der Waals surface area contributed by atoms with Gasteiger partial charge in [0, 0.05) is 17.8 Å². The van der Waals surface area contributed by atoms with Gasteiger partial charge in [0.25, 0.3) is 0 Å². The summed E-state index contributed by atoms with van der Waals surface area (Å²) in [6.07, 6.45) is 4.58. The Kier molecular flexibility index (Phi) is 4.34. The first kappa shape index (κ1) is 15.4. The number of para-hydroxylation sites is 2. The van der Waals surface area contributed by atoms with E-state index in [1.807, 2.05) is 29.2 Å². The molecule has 0 aliphatic carbocycles. The molecule has 1 amide bonds. The topological polar surface area (TPSA) is 49.0 Å². The molecule has 124 valence electrons. The summed E-state index contributed by atoms with van der Waals surface area (Å²) in [7, 11) is 0. The summed E-state index contributed by atoms with van der Waals surface area (Å²) in [5.41, 5.74) is 2.02. The van der Waals surface area contributed by atoms with Crippen LogP contribution in [0.4, 0.5) is 0 Å². The van der Waals surface area contributed by atoms with Gasteiger partial charge in [-0.1, -0.05) is 18.2 Å². The first-order chi connectivity index (χ1) is 11.8. The van der Waals surface area contributed by atoms with Crippen molar-refractivity contribution in [3.63, 3.8) is 0 Å². The highest BCUT2D eigenvalue weighted by molar-refractivity contribution is 7.09. The molecule has 2 aromatic heterocycles. The van der Waals surface area contributed by atoms with Crippen LogP contribution in [0, 0.1) is 0 Å². The zero-order chi connectivity index (χ0) is 16.4. The zero-order valence-electron chi connectivity index (χ0n) is 13.6. The van der Waals surface area contributed by atoms with Crippen molar-refractivity contribution in [2.24, 2.45) is 0 Å². The van der Waals surface area contributed by atoms with E-state index in [-0.39, 0.29) is 11.9 Å². The van der Waals surface area contributed by atoms with Gasteiger partial charge in [0.2, 0.25) is 5.91 Å². The Bertz CT molecular complexity index is 791.